The van der Waals surface area contributed by atoms with E-state index in [1.54, 1.807) is 0 Å². The van der Waals surface area contributed by atoms with E-state index < -0.39 is 0 Å². The van der Waals surface area contributed by atoms with Crippen LogP contribution in [0, 0.1) is 12.3 Å². The Labute approximate surface area is 116 Å². The van der Waals surface area contributed by atoms with Crippen molar-refractivity contribution in [3.8, 4) is 0 Å². The fraction of sp³-hybridized carbons (Fsp3) is 0.625. The van der Waals surface area contributed by atoms with E-state index in [9.17, 15) is 4.79 Å². The Kier molecular flexibility index (Phi) is 5.52. The number of carbonyl (C=O) groups is 1. The number of aryl methyl sites for hydroxylation is 1. The molecule has 1 aromatic heterocycles. The molecule has 1 heterocycles. The summed E-state index contributed by atoms with van der Waals surface area (Å²) in [6.45, 7) is 10.5. The van der Waals surface area contributed by atoms with Crippen LogP contribution in [0.1, 0.15) is 64.3 Å². The van der Waals surface area contributed by atoms with Gasteiger partial charge in [-0.3, -0.25) is 9.78 Å². The van der Waals surface area contributed by atoms with Gasteiger partial charge in [0.25, 0.3) is 0 Å². The van der Waals surface area contributed by atoms with Crippen LogP contribution in [0.4, 0.5) is 0 Å². The lowest BCUT2D eigenvalue weighted by molar-refractivity contribution is -0.122. The van der Waals surface area contributed by atoms with E-state index >= 15 is 0 Å². The van der Waals surface area contributed by atoms with Gasteiger partial charge >= 0.3 is 0 Å². The molecule has 0 aliphatic rings. The Morgan fingerprint density at radius 3 is 2.53 bits per heavy atom. The molecule has 3 heteroatoms. The van der Waals surface area contributed by atoms with Gasteiger partial charge < -0.3 is 5.32 Å². The molecular weight excluding hydrogens is 236 g/mol. The highest BCUT2D eigenvalue weighted by Crippen LogP contribution is 2.21. The van der Waals surface area contributed by atoms with Crippen LogP contribution in [-0.4, -0.2) is 10.9 Å². The molecule has 1 unspecified atom stereocenters. The van der Waals surface area contributed by atoms with Gasteiger partial charge in [0.1, 0.15) is 0 Å². The van der Waals surface area contributed by atoms with Gasteiger partial charge in [0, 0.05) is 12.6 Å². The number of amides is 1. The molecule has 0 radical (unpaired) electrons. The first-order chi connectivity index (χ1) is 8.81. The molecule has 0 aliphatic carbocycles. The van der Waals surface area contributed by atoms with Crippen molar-refractivity contribution in [2.45, 2.75) is 59.9 Å². The second kappa shape index (κ2) is 6.69. The van der Waals surface area contributed by atoms with Crippen LogP contribution in [0.5, 0.6) is 0 Å². The smallest absolute Gasteiger partial charge is 0.220 e. The van der Waals surface area contributed by atoms with E-state index in [0.717, 1.165) is 24.1 Å². The molecule has 0 saturated carbocycles. The summed E-state index contributed by atoms with van der Waals surface area (Å²) in [6, 6.07) is 4.05. The Balaban J connectivity index is 2.57. The van der Waals surface area contributed by atoms with Crippen LogP contribution in [0.25, 0.3) is 0 Å². The highest BCUT2D eigenvalue weighted by Gasteiger charge is 2.16. The number of hydrogen-bond donors (Lipinski definition) is 1. The van der Waals surface area contributed by atoms with Gasteiger partial charge in [-0.2, -0.15) is 0 Å². The summed E-state index contributed by atoms with van der Waals surface area (Å²) >= 11 is 0. The van der Waals surface area contributed by atoms with Crippen LogP contribution < -0.4 is 5.32 Å². The van der Waals surface area contributed by atoms with Gasteiger partial charge in [-0.1, -0.05) is 33.8 Å². The fourth-order valence-electron chi connectivity index (χ4n) is 1.83. The predicted molar refractivity (Wildman–Crippen MR) is 78.8 cm³/mol. The Hall–Kier alpha value is -1.38. The minimum Gasteiger partial charge on any atom is -0.348 e. The number of rotatable bonds is 5. The van der Waals surface area contributed by atoms with Gasteiger partial charge in [0.05, 0.1) is 11.7 Å². The van der Waals surface area contributed by atoms with Crippen molar-refractivity contribution in [2.24, 2.45) is 5.41 Å². The first-order valence-electron chi connectivity index (χ1n) is 7.04. The molecule has 0 bridgehead atoms. The molecule has 1 aromatic rings. The molecule has 0 fully saturated rings. The lowest BCUT2D eigenvalue weighted by Crippen LogP contribution is -2.29. The van der Waals surface area contributed by atoms with Crippen molar-refractivity contribution in [1.29, 1.82) is 0 Å². The van der Waals surface area contributed by atoms with Crippen molar-refractivity contribution in [3.63, 3.8) is 0 Å². The summed E-state index contributed by atoms with van der Waals surface area (Å²) in [5.41, 5.74) is 2.27. The molecule has 1 N–H and O–H groups in total. The maximum absolute atomic E-state index is 12.0. The van der Waals surface area contributed by atoms with Crippen molar-refractivity contribution in [1.82, 2.24) is 10.3 Å². The third-order valence-electron chi connectivity index (χ3n) is 3.14. The number of hydrogen-bond acceptors (Lipinski definition) is 2. The molecule has 1 amide bonds. The summed E-state index contributed by atoms with van der Waals surface area (Å²) in [5, 5.41) is 3.07. The quantitative estimate of drug-likeness (QED) is 0.877. The van der Waals surface area contributed by atoms with Crippen LogP contribution in [0.3, 0.4) is 0 Å². The van der Waals surface area contributed by atoms with Gasteiger partial charge in [-0.15, -0.1) is 0 Å². The summed E-state index contributed by atoms with van der Waals surface area (Å²) in [5.74, 6) is 0.115. The topological polar surface area (TPSA) is 42.0 Å². The Bertz CT molecular complexity index is 404. The van der Waals surface area contributed by atoms with Crippen LogP contribution >= 0.6 is 0 Å². The zero-order valence-electron chi connectivity index (χ0n) is 12.8. The molecule has 1 atom stereocenters. The summed E-state index contributed by atoms with van der Waals surface area (Å²) < 4.78 is 0. The van der Waals surface area contributed by atoms with Crippen LogP contribution in [-0.2, 0) is 4.79 Å². The van der Waals surface area contributed by atoms with E-state index in [4.69, 9.17) is 0 Å². The average Bonchev–Trinajstić information content (AvgIpc) is 2.34. The third-order valence-corrected chi connectivity index (χ3v) is 3.14. The largest absolute Gasteiger partial charge is 0.348 e. The maximum Gasteiger partial charge on any atom is 0.220 e. The standard InChI is InChI=1S/C16H26N2O/c1-6-13(14-8-7-12(2)11-17-14)18-15(19)9-10-16(3,4)5/h7-8,11,13H,6,9-10H2,1-5H3,(H,18,19). The van der Waals surface area contributed by atoms with Crippen molar-refractivity contribution < 1.29 is 4.79 Å². The number of nitrogens with one attached hydrogen (secondary N) is 1. The summed E-state index contributed by atoms with van der Waals surface area (Å²) in [6.07, 6.45) is 4.18. The minimum absolute atomic E-state index is 0.0214. The number of aromatic nitrogens is 1. The van der Waals surface area contributed by atoms with E-state index in [2.05, 4.69) is 38.0 Å². The lowest BCUT2D eigenvalue weighted by Gasteiger charge is -2.20. The predicted octanol–water partition coefficient (Wildman–Crippen LogP) is 3.78. The molecule has 3 nitrogen and oxygen atoms in total. The van der Waals surface area contributed by atoms with Gasteiger partial charge in [0.15, 0.2) is 0 Å². The first-order valence-corrected chi connectivity index (χ1v) is 7.04. The molecule has 19 heavy (non-hydrogen) atoms. The zero-order valence-corrected chi connectivity index (χ0v) is 12.8. The number of carbonyl (C=O) groups excluding carboxylic acids is 1. The van der Waals surface area contributed by atoms with Crippen molar-refractivity contribution >= 4 is 5.91 Å². The normalized spacial score (nSPS) is 13.1. The molecule has 1 rings (SSSR count). The first kappa shape index (κ1) is 15.7. The maximum atomic E-state index is 12.0. The summed E-state index contributed by atoms with van der Waals surface area (Å²) in [7, 11) is 0. The van der Waals surface area contributed by atoms with E-state index in [1.165, 1.54) is 0 Å². The van der Waals surface area contributed by atoms with Crippen LogP contribution in [0.2, 0.25) is 0 Å². The van der Waals surface area contributed by atoms with Crippen molar-refractivity contribution in [3.05, 3.63) is 29.6 Å². The van der Waals surface area contributed by atoms with Crippen LogP contribution in [0.15, 0.2) is 18.3 Å². The average molecular weight is 262 g/mol. The summed E-state index contributed by atoms with van der Waals surface area (Å²) in [4.78, 5) is 16.4. The fourth-order valence-corrected chi connectivity index (χ4v) is 1.83. The molecule has 0 aliphatic heterocycles. The number of pyridine rings is 1. The molecule has 0 saturated heterocycles. The SMILES string of the molecule is CCC(NC(=O)CCC(C)(C)C)c1ccc(C)cn1. The molecule has 0 aromatic carbocycles. The molecular formula is C16H26N2O. The highest BCUT2D eigenvalue weighted by atomic mass is 16.1. The molecule has 0 spiro atoms. The number of nitrogens with zero attached hydrogens (tertiary/aromatic N) is 1. The zero-order chi connectivity index (χ0) is 14.5. The lowest BCUT2D eigenvalue weighted by atomic mass is 9.90. The van der Waals surface area contributed by atoms with E-state index in [0.29, 0.717) is 6.42 Å². The second-order valence-electron chi connectivity index (χ2n) is 6.35. The van der Waals surface area contributed by atoms with Gasteiger partial charge in [-0.05, 0) is 36.8 Å². The van der Waals surface area contributed by atoms with Gasteiger partial charge in [0.2, 0.25) is 5.91 Å². The Morgan fingerprint density at radius 1 is 1.37 bits per heavy atom. The monoisotopic (exact) mass is 262 g/mol. The van der Waals surface area contributed by atoms with Crippen molar-refractivity contribution in [2.75, 3.05) is 0 Å². The van der Waals surface area contributed by atoms with E-state index in [1.807, 2.05) is 25.3 Å². The second-order valence-corrected chi connectivity index (χ2v) is 6.35. The Morgan fingerprint density at radius 2 is 2.05 bits per heavy atom. The van der Waals surface area contributed by atoms with Gasteiger partial charge in [-0.25, -0.2) is 0 Å². The molecule has 106 valence electrons. The third kappa shape index (κ3) is 5.86. The minimum atomic E-state index is 0.0214. The van der Waals surface area contributed by atoms with E-state index in [-0.39, 0.29) is 17.4 Å². The highest BCUT2D eigenvalue weighted by molar-refractivity contribution is 5.76.